The molecule has 0 radical (unpaired) electrons. The maximum atomic E-state index is 13.1. The molecule has 1 atom stereocenters. The van der Waals surface area contributed by atoms with Gasteiger partial charge in [0.2, 0.25) is 0 Å². The van der Waals surface area contributed by atoms with E-state index in [1.165, 1.54) is 24.1 Å². The van der Waals surface area contributed by atoms with E-state index in [0.29, 0.717) is 22.6 Å². The third-order valence-electron chi connectivity index (χ3n) is 6.26. The third kappa shape index (κ3) is 5.49. The van der Waals surface area contributed by atoms with E-state index >= 15 is 0 Å². The molecule has 192 valence electrons. The standard InChI is InChI=1S/C29H28FNO6/c1-18-16-21(8-13-24(18)36-3)27(32)25-26(31(14-15-35-2)29(34)28(25)33)20-6-11-23(12-7-20)37-17-19-4-9-22(30)10-5-19/h4-13,16,26,32H,14-15,17H2,1-3H3/b27-25-. The van der Waals surface area contributed by atoms with Gasteiger partial charge >= 0.3 is 0 Å². The molecule has 0 saturated carbocycles. The number of rotatable bonds is 9. The number of carbonyl (C=O) groups is 2. The monoisotopic (exact) mass is 505 g/mol. The number of aliphatic hydroxyl groups is 1. The molecule has 3 aromatic rings. The van der Waals surface area contributed by atoms with Crippen LogP contribution in [0, 0.1) is 12.7 Å². The van der Waals surface area contributed by atoms with Crippen LogP contribution < -0.4 is 9.47 Å². The molecular formula is C29H28FNO6. The van der Waals surface area contributed by atoms with E-state index in [4.69, 9.17) is 14.2 Å². The summed E-state index contributed by atoms with van der Waals surface area (Å²) in [5.74, 6) is -0.832. The molecule has 4 rings (SSSR count). The molecule has 1 aliphatic heterocycles. The molecule has 37 heavy (non-hydrogen) atoms. The zero-order valence-corrected chi connectivity index (χ0v) is 20.9. The zero-order chi connectivity index (χ0) is 26.5. The van der Waals surface area contributed by atoms with Crippen LogP contribution in [0.4, 0.5) is 4.39 Å². The average molecular weight is 506 g/mol. The van der Waals surface area contributed by atoms with Crippen LogP contribution in [0.15, 0.2) is 72.3 Å². The van der Waals surface area contributed by atoms with Crippen molar-refractivity contribution in [3.63, 3.8) is 0 Å². The summed E-state index contributed by atoms with van der Waals surface area (Å²) in [5, 5.41) is 11.2. The normalized spacial score (nSPS) is 16.8. The Labute approximate surface area is 214 Å². The minimum absolute atomic E-state index is 0.00523. The molecule has 1 aliphatic rings. The second-order valence-corrected chi connectivity index (χ2v) is 8.65. The molecule has 1 fully saturated rings. The smallest absolute Gasteiger partial charge is 0.295 e. The molecular weight excluding hydrogens is 477 g/mol. The molecule has 1 N–H and O–H groups in total. The van der Waals surface area contributed by atoms with E-state index in [2.05, 4.69) is 0 Å². The van der Waals surface area contributed by atoms with Crippen LogP contribution in [-0.4, -0.2) is 49.1 Å². The van der Waals surface area contributed by atoms with Crippen molar-refractivity contribution in [2.45, 2.75) is 19.6 Å². The van der Waals surface area contributed by atoms with E-state index in [-0.39, 0.29) is 36.9 Å². The van der Waals surface area contributed by atoms with Crippen LogP contribution in [0.3, 0.4) is 0 Å². The molecule has 0 spiro atoms. The number of ketones is 1. The molecule has 0 aromatic heterocycles. The maximum absolute atomic E-state index is 13.1. The Morgan fingerprint density at radius 1 is 1.00 bits per heavy atom. The van der Waals surface area contributed by atoms with E-state index in [1.54, 1.807) is 61.7 Å². The lowest BCUT2D eigenvalue weighted by atomic mass is 9.94. The van der Waals surface area contributed by atoms with Crippen molar-refractivity contribution in [1.82, 2.24) is 4.90 Å². The Kier molecular flexibility index (Phi) is 7.89. The summed E-state index contributed by atoms with van der Waals surface area (Å²) >= 11 is 0. The molecule has 0 aliphatic carbocycles. The zero-order valence-electron chi connectivity index (χ0n) is 20.9. The molecule has 1 amide bonds. The topological polar surface area (TPSA) is 85.3 Å². The molecule has 7 nitrogen and oxygen atoms in total. The van der Waals surface area contributed by atoms with Gasteiger partial charge in [0.1, 0.15) is 29.7 Å². The lowest BCUT2D eigenvalue weighted by Crippen LogP contribution is -2.32. The highest BCUT2D eigenvalue weighted by molar-refractivity contribution is 6.46. The van der Waals surface area contributed by atoms with Gasteiger partial charge in [-0.15, -0.1) is 0 Å². The Bertz CT molecular complexity index is 1320. The second-order valence-electron chi connectivity index (χ2n) is 8.65. The number of likely N-dealkylation sites (tertiary alicyclic amines) is 1. The van der Waals surface area contributed by atoms with Crippen LogP contribution in [0.1, 0.15) is 28.3 Å². The number of aliphatic hydroxyl groups excluding tert-OH is 1. The number of carbonyl (C=O) groups excluding carboxylic acids is 2. The van der Waals surface area contributed by atoms with E-state index in [0.717, 1.165) is 11.1 Å². The number of halogens is 1. The highest BCUT2D eigenvalue weighted by Crippen LogP contribution is 2.40. The Morgan fingerprint density at radius 3 is 2.32 bits per heavy atom. The minimum Gasteiger partial charge on any atom is -0.507 e. The number of amides is 1. The van der Waals surface area contributed by atoms with Gasteiger partial charge in [-0.25, -0.2) is 4.39 Å². The van der Waals surface area contributed by atoms with E-state index in [1.807, 2.05) is 6.92 Å². The lowest BCUT2D eigenvalue weighted by molar-refractivity contribution is -0.140. The number of hydrogen-bond donors (Lipinski definition) is 1. The summed E-state index contributed by atoms with van der Waals surface area (Å²) in [6.07, 6.45) is 0. The maximum Gasteiger partial charge on any atom is 0.295 e. The third-order valence-corrected chi connectivity index (χ3v) is 6.26. The predicted molar refractivity (Wildman–Crippen MR) is 136 cm³/mol. The van der Waals surface area contributed by atoms with Crippen LogP contribution >= 0.6 is 0 Å². The van der Waals surface area contributed by atoms with Crippen molar-refractivity contribution in [3.05, 3.63) is 100 Å². The first kappa shape index (κ1) is 25.9. The van der Waals surface area contributed by atoms with Crippen molar-refractivity contribution in [2.24, 2.45) is 0 Å². The SMILES string of the molecule is COCCN1C(=O)C(=O)/C(=C(\O)c2ccc(OC)c(C)c2)C1c1ccc(OCc2ccc(F)cc2)cc1. The van der Waals surface area contributed by atoms with Crippen LogP contribution in [0.25, 0.3) is 5.76 Å². The summed E-state index contributed by atoms with van der Waals surface area (Å²) in [4.78, 5) is 27.5. The average Bonchev–Trinajstić information content (AvgIpc) is 3.16. The van der Waals surface area contributed by atoms with Crippen molar-refractivity contribution >= 4 is 17.4 Å². The van der Waals surface area contributed by atoms with Gasteiger partial charge in [0.25, 0.3) is 11.7 Å². The van der Waals surface area contributed by atoms with Gasteiger partial charge in [0.05, 0.1) is 25.3 Å². The van der Waals surface area contributed by atoms with Gasteiger partial charge in [0, 0.05) is 19.2 Å². The number of Topliss-reactive ketones (excluding diaryl/α,β-unsaturated/α-hetero) is 1. The Morgan fingerprint density at radius 2 is 1.70 bits per heavy atom. The first-order valence-electron chi connectivity index (χ1n) is 11.7. The van der Waals surface area contributed by atoms with Gasteiger partial charge in [-0.1, -0.05) is 24.3 Å². The summed E-state index contributed by atoms with van der Waals surface area (Å²) < 4.78 is 29.4. The van der Waals surface area contributed by atoms with E-state index < -0.39 is 17.7 Å². The van der Waals surface area contributed by atoms with Gasteiger partial charge in [-0.3, -0.25) is 9.59 Å². The predicted octanol–water partition coefficient (Wildman–Crippen LogP) is 4.79. The fraction of sp³-hybridized carbons (Fsp3) is 0.241. The number of nitrogens with zero attached hydrogens (tertiary/aromatic N) is 1. The number of ether oxygens (including phenoxy) is 3. The van der Waals surface area contributed by atoms with Crippen LogP contribution in [0.2, 0.25) is 0 Å². The largest absolute Gasteiger partial charge is 0.507 e. The van der Waals surface area contributed by atoms with Crippen molar-refractivity contribution < 1.29 is 33.3 Å². The number of methoxy groups -OCH3 is 2. The quantitative estimate of drug-likeness (QED) is 0.256. The van der Waals surface area contributed by atoms with Crippen molar-refractivity contribution in [2.75, 3.05) is 27.4 Å². The van der Waals surface area contributed by atoms with Crippen LogP contribution in [-0.2, 0) is 20.9 Å². The first-order valence-corrected chi connectivity index (χ1v) is 11.7. The van der Waals surface area contributed by atoms with Crippen molar-refractivity contribution in [1.29, 1.82) is 0 Å². The summed E-state index contributed by atoms with van der Waals surface area (Å²) in [6, 6.07) is 17.3. The van der Waals surface area contributed by atoms with Crippen LogP contribution in [0.5, 0.6) is 11.5 Å². The molecule has 8 heteroatoms. The Hall–Kier alpha value is -4.17. The van der Waals surface area contributed by atoms with Crippen molar-refractivity contribution in [3.8, 4) is 11.5 Å². The molecule has 0 bridgehead atoms. The number of hydrogen-bond acceptors (Lipinski definition) is 6. The second kappa shape index (κ2) is 11.3. The number of aryl methyl sites for hydroxylation is 1. The van der Waals surface area contributed by atoms with E-state index in [9.17, 15) is 19.1 Å². The van der Waals surface area contributed by atoms with Gasteiger partial charge in [0.15, 0.2) is 0 Å². The summed E-state index contributed by atoms with van der Waals surface area (Å²) in [5.41, 5.74) is 2.64. The molecule has 1 unspecified atom stereocenters. The first-order chi connectivity index (χ1) is 17.8. The highest BCUT2D eigenvalue weighted by atomic mass is 19.1. The fourth-order valence-electron chi connectivity index (χ4n) is 4.32. The highest BCUT2D eigenvalue weighted by Gasteiger charge is 2.45. The fourth-order valence-corrected chi connectivity index (χ4v) is 4.32. The summed E-state index contributed by atoms with van der Waals surface area (Å²) in [6.45, 7) is 2.48. The Balaban J connectivity index is 1.67. The summed E-state index contributed by atoms with van der Waals surface area (Å²) in [7, 11) is 3.06. The minimum atomic E-state index is -0.802. The number of benzene rings is 3. The lowest BCUT2D eigenvalue weighted by Gasteiger charge is -2.25. The van der Waals surface area contributed by atoms with Gasteiger partial charge < -0.3 is 24.2 Å². The van der Waals surface area contributed by atoms with Gasteiger partial charge in [-0.05, 0) is 66.1 Å². The molecule has 3 aromatic carbocycles. The van der Waals surface area contributed by atoms with Gasteiger partial charge in [-0.2, -0.15) is 0 Å². The molecule has 1 saturated heterocycles. The molecule has 1 heterocycles.